The van der Waals surface area contributed by atoms with Gasteiger partial charge in [0, 0.05) is 17.5 Å². The van der Waals surface area contributed by atoms with Crippen LogP contribution in [0.15, 0.2) is 36.5 Å². The standard InChI is InChI=1S/C24H27N2/c1-14(2)19-8-7-9-20-22(19)12-18-13-26(6)24(25-23(18)20)21-11-15(3)10-16(4)17(21)5/h7-11,13-14H,12H2,1-6H3/q+1. The molecule has 4 rings (SSSR count). The van der Waals surface area contributed by atoms with Crippen LogP contribution in [0.1, 0.15) is 53.1 Å². The van der Waals surface area contributed by atoms with Crippen molar-refractivity contribution in [1.82, 2.24) is 4.98 Å². The maximum Gasteiger partial charge on any atom is 0.331 e. The smallest absolute Gasteiger partial charge is 0.233 e. The van der Waals surface area contributed by atoms with Gasteiger partial charge in [-0.2, -0.15) is 0 Å². The Bertz CT molecular complexity index is 1030. The molecule has 0 radical (unpaired) electrons. The number of fused-ring (bicyclic) bond motifs is 3. The van der Waals surface area contributed by atoms with Crippen LogP contribution in [0.2, 0.25) is 0 Å². The Labute approximate surface area is 156 Å². The van der Waals surface area contributed by atoms with Gasteiger partial charge in [0.2, 0.25) is 0 Å². The molecule has 2 aromatic carbocycles. The summed E-state index contributed by atoms with van der Waals surface area (Å²) in [7, 11) is 2.12. The van der Waals surface area contributed by atoms with E-state index in [1.54, 1.807) is 0 Å². The van der Waals surface area contributed by atoms with Crippen LogP contribution in [-0.2, 0) is 13.5 Å². The van der Waals surface area contributed by atoms with Crippen LogP contribution in [0, 0.1) is 20.8 Å². The van der Waals surface area contributed by atoms with Crippen LogP contribution < -0.4 is 4.57 Å². The van der Waals surface area contributed by atoms with Gasteiger partial charge in [-0.05, 0) is 65.6 Å². The zero-order chi connectivity index (χ0) is 18.6. The first-order valence-electron chi connectivity index (χ1n) is 9.46. The molecule has 0 fully saturated rings. The third kappa shape index (κ3) is 2.56. The summed E-state index contributed by atoms with van der Waals surface area (Å²) >= 11 is 0. The summed E-state index contributed by atoms with van der Waals surface area (Å²) in [6.07, 6.45) is 3.27. The first-order valence-corrected chi connectivity index (χ1v) is 9.46. The van der Waals surface area contributed by atoms with Crippen molar-refractivity contribution < 1.29 is 4.57 Å². The topological polar surface area (TPSA) is 16.8 Å². The summed E-state index contributed by atoms with van der Waals surface area (Å²) in [5.74, 6) is 1.59. The van der Waals surface area contributed by atoms with E-state index < -0.39 is 0 Å². The van der Waals surface area contributed by atoms with Crippen molar-refractivity contribution in [3.05, 3.63) is 69.9 Å². The van der Waals surface area contributed by atoms with Gasteiger partial charge in [-0.3, -0.25) is 0 Å². The van der Waals surface area contributed by atoms with E-state index >= 15 is 0 Å². The second-order valence-corrected chi connectivity index (χ2v) is 8.01. The second-order valence-electron chi connectivity index (χ2n) is 8.01. The summed E-state index contributed by atoms with van der Waals surface area (Å²) in [6.45, 7) is 11.1. The third-order valence-corrected chi connectivity index (χ3v) is 5.71. The van der Waals surface area contributed by atoms with Crippen molar-refractivity contribution in [1.29, 1.82) is 0 Å². The zero-order valence-corrected chi connectivity index (χ0v) is 16.6. The average molecular weight is 343 g/mol. The molecule has 26 heavy (non-hydrogen) atoms. The van der Waals surface area contributed by atoms with Crippen molar-refractivity contribution in [2.45, 2.75) is 47.0 Å². The Kier molecular flexibility index (Phi) is 3.95. The molecule has 0 spiro atoms. The summed E-state index contributed by atoms with van der Waals surface area (Å²) in [6, 6.07) is 11.2. The van der Waals surface area contributed by atoms with Gasteiger partial charge < -0.3 is 0 Å². The second kappa shape index (κ2) is 6.05. The lowest BCUT2D eigenvalue weighted by atomic mass is 9.94. The minimum absolute atomic E-state index is 0.536. The van der Waals surface area contributed by atoms with Gasteiger partial charge >= 0.3 is 5.82 Å². The molecule has 0 aliphatic heterocycles. The lowest BCUT2D eigenvalue weighted by molar-refractivity contribution is -0.663. The van der Waals surface area contributed by atoms with Crippen molar-refractivity contribution in [3.8, 4) is 22.6 Å². The molecule has 3 aromatic rings. The van der Waals surface area contributed by atoms with Gasteiger partial charge in [-0.25, -0.2) is 4.57 Å². The highest BCUT2D eigenvalue weighted by molar-refractivity contribution is 5.76. The predicted molar refractivity (Wildman–Crippen MR) is 107 cm³/mol. The van der Waals surface area contributed by atoms with Gasteiger partial charge in [0.15, 0.2) is 5.69 Å². The first-order chi connectivity index (χ1) is 12.4. The Morgan fingerprint density at radius 2 is 1.81 bits per heavy atom. The lowest BCUT2D eigenvalue weighted by Gasteiger charge is -2.10. The summed E-state index contributed by atoms with van der Waals surface area (Å²) in [4.78, 5) is 5.17. The van der Waals surface area contributed by atoms with E-state index in [4.69, 9.17) is 4.98 Å². The van der Waals surface area contributed by atoms with E-state index in [1.807, 2.05) is 0 Å². The summed E-state index contributed by atoms with van der Waals surface area (Å²) in [5, 5.41) is 0. The fourth-order valence-electron chi connectivity index (χ4n) is 4.25. The predicted octanol–water partition coefficient (Wildman–Crippen LogP) is 5.19. The minimum atomic E-state index is 0.536. The summed E-state index contributed by atoms with van der Waals surface area (Å²) < 4.78 is 2.20. The van der Waals surface area contributed by atoms with Crippen molar-refractivity contribution in [2.24, 2.45) is 7.05 Å². The number of nitrogens with zero attached hydrogens (tertiary/aromatic N) is 2. The third-order valence-electron chi connectivity index (χ3n) is 5.71. The van der Waals surface area contributed by atoms with Crippen LogP contribution in [-0.4, -0.2) is 4.98 Å². The Hall–Kier alpha value is -2.48. The average Bonchev–Trinajstić information content (AvgIpc) is 2.94. The maximum absolute atomic E-state index is 5.17. The molecule has 0 N–H and O–H groups in total. The van der Waals surface area contributed by atoms with Crippen molar-refractivity contribution >= 4 is 0 Å². The van der Waals surface area contributed by atoms with Gasteiger partial charge in [-0.1, -0.05) is 38.1 Å². The molecule has 0 saturated heterocycles. The molecule has 2 heteroatoms. The van der Waals surface area contributed by atoms with Crippen molar-refractivity contribution in [2.75, 3.05) is 0 Å². The largest absolute Gasteiger partial charge is 0.331 e. The van der Waals surface area contributed by atoms with E-state index in [-0.39, 0.29) is 0 Å². The number of aryl methyl sites for hydroxylation is 3. The van der Waals surface area contributed by atoms with E-state index in [9.17, 15) is 0 Å². The normalized spacial score (nSPS) is 12.4. The molecule has 1 heterocycles. The maximum atomic E-state index is 5.17. The molecule has 0 atom stereocenters. The van der Waals surface area contributed by atoms with Gasteiger partial charge in [0.05, 0.1) is 18.8 Å². The number of benzene rings is 2. The van der Waals surface area contributed by atoms with Crippen molar-refractivity contribution in [3.63, 3.8) is 0 Å². The number of hydrogen-bond donors (Lipinski definition) is 0. The number of rotatable bonds is 2. The van der Waals surface area contributed by atoms with Crippen LogP contribution >= 0.6 is 0 Å². The quantitative estimate of drug-likeness (QED) is 0.458. The van der Waals surface area contributed by atoms with Crippen LogP contribution in [0.5, 0.6) is 0 Å². The van der Waals surface area contributed by atoms with E-state index in [0.717, 1.165) is 17.9 Å². The van der Waals surface area contributed by atoms with E-state index in [0.29, 0.717) is 5.92 Å². The highest BCUT2D eigenvalue weighted by Crippen LogP contribution is 2.39. The molecule has 0 saturated carbocycles. The molecule has 0 bridgehead atoms. The van der Waals surface area contributed by atoms with Crippen LogP contribution in [0.3, 0.4) is 0 Å². The van der Waals surface area contributed by atoms with Gasteiger partial charge in [0.1, 0.15) is 0 Å². The Balaban J connectivity index is 1.94. The molecule has 0 amide bonds. The molecule has 1 aliphatic carbocycles. The molecular formula is C24H27N2+. The molecular weight excluding hydrogens is 316 g/mol. The molecule has 1 aromatic heterocycles. The van der Waals surface area contributed by atoms with Crippen LogP contribution in [0.25, 0.3) is 22.6 Å². The van der Waals surface area contributed by atoms with Gasteiger partial charge in [0.25, 0.3) is 0 Å². The zero-order valence-electron chi connectivity index (χ0n) is 16.6. The Morgan fingerprint density at radius 3 is 2.54 bits per heavy atom. The SMILES string of the molecule is Cc1cc(C)c(C)c(-c2nc3c(c[n+]2C)Cc2c-3cccc2C(C)C)c1. The fourth-order valence-corrected chi connectivity index (χ4v) is 4.25. The molecule has 0 unspecified atom stereocenters. The highest BCUT2D eigenvalue weighted by atomic mass is 15.0. The monoisotopic (exact) mass is 343 g/mol. The molecule has 1 aliphatic rings. The van der Waals surface area contributed by atoms with E-state index in [1.165, 1.54) is 44.5 Å². The Morgan fingerprint density at radius 1 is 1.04 bits per heavy atom. The lowest BCUT2D eigenvalue weighted by Crippen LogP contribution is -2.33. The minimum Gasteiger partial charge on any atom is -0.233 e. The fraction of sp³-hybridized carbons (Fsp3) is 0.333. The van der Waals surface area contributed by atoms with Crippen LogP contribution in [0.4, 0.5) is 0 Å². The van der Waals surface area contributed by atoms with Gasteiger partial charge in [-0.15, -0.1) is 0 Å². The highest BCUT2D eigenvalue weighted by Gasteiger charge is 2.30. The first kappa shape index (κ1) is 17.0. The molecule has 132 valence electrons. The summed E-state index contributed by atoms with van der Waals surface area (Å²) in [5.41, 5.74) is 11.9. The molecule has 2 nitrogen and oxygen atoms in total. The number of aromatic nitrogens is 2. The number of hydrogen-bond acceptors (Lipinski definition) is 1. The van der Waals surface area contributed by atoms with E-state index in [2.05, 4.69) is 82.8 Å².